The zero-order valence-electron chi connectivity index (χ0n) is 23.3. The molecule has 1 aromatic heterocycles. The number of carbonyl (C=O) groups is 1. The number of aromatic nitrogens is 2. The molecule has 0 saturated heterocycles. The lowest BCUT2D eigenvalue weighted by atomic mass is 9.87. The average molecular weight is 560 g/mol. The van der Waals surface area contributed by atoms with Crippen molar-refractivity contribution >= 4 is 21.6 Å². The first-order valence-corrected chi connectivity index (χ1v) is 14.3. The van der Waals surface area contributed by atoms with Crippen LogP contribution in [-0.4, -0.2) is 37.4 Å². The van der Waals surface area contributed by atoms with Gasteiger partial charge < -0.3 is 9.47 Å². The second-order valence-corrected chi connectivity index (χ2v) is 12.1. The first-order valence-electron chi connectivity index (χ1n) is 12.8. The minimum Gasteiger partial charge on any atom is -0.490 e. The predicted molar refractivity (Wildman–Crippen MR) is 156 cm³/mol. The Morgan fingerprint density at radius 3 is 2.25 bits per heavy atom. The van der Waals surface area contributed by atoms with Gasteiger partial charge in [-0.1, -0.05) is 56.7 Å². The molecule has 208 valence electrons. The summed E-state index contributed by atoms with van der Waals surface area (Å²) in [6, 6.07) is 19.6. The number of hydrogen-bond acceptors (Lipinski definition) is 7. The van der Waals surface area contributed by atoms with E-state index in [-0.39, 0.29) is 40.9 Å². The van der Waals surface area contributed by atoms with E-state index in [1.807, 2.05) is 52.0 Å². The van der Waals surface area contributed by atoms with Crippen LogP contribution in [0.5, 0.6) is 11.5 Å². The molecule has 1 heterocycles. The minimum absolute atomic E-state index is 0.0141. The van der Waals surface area contributed by atoms with Gasteiger partial charge in [0.25, 0.3) is 10.0 Å². The van der Waals surface area contributed by atoms with Gasteiger partial charge in [0, 0.05) is 17.3 Å². The molecule has 0 unspecified atom stereocenters. The van der Waals surface area contributed by atoms with Gasteiger partial charge in [0.2, 0.25) is 0 Å². The van der Waals surface area contributed by atoms with Crippen LogP contribution >= 0.6 is 0 Å². The number of aryl methyl sites for hydroxylation is 1. The Kier molecular flexibility index (Phi) is 8.54. The van der Waals surface area contributed by atoms with Crippen LogP contribution in [0.2, 0.25) is 0 Å². The van der Waals surface area contributed by atoms with E-state index >= 15 is 0 Å². The number of ether oxygens (including phenoxy) is 2. The highest BCUT2D eigenvalue weighted by molar-refractivity contribution is 7.92. The van der Waals surface area contributed by atoms with Gasteiger partial charge in [-0.25, -0.2) is 18.4 Å². The van der Waals surface area contributed by atoms with E-state index in [1.54, 1.807) is 48.7 Å². The van der Waals surface area contributed by atoms with Crippen molar-refractivity contribution in [1.29, 1.82) is 0 Å². The third-order valence-electron chi connectivity index (χ3n) is 6.28. The maximum absolute atomic E-state index is 13.7. The molecular formula is C31H33N3O5S. The normalized spacial score (nSPS) is 11.6. The Labute approximate surface area is 235 Å². The van der Waals surface area contributed by atoms with E-state index in [0.717, 1.165) is 16.7 Å². The Morgan fingerprint density at radius 2 is 1.60 bits per heavy atom. The zero-order valence-corrected chi connectivity index (χ0v) is 24.1. The minimum atomic E-state index is -4.09. The van der Waals surface area contributed by atoms with E-state index < -0.39 is 10.0 Å². The molecule has 9 heteroatoms. The lowest BCUT2D eigenvalue weighted by Crippen LogP contribution is -2.19. The van der Waals surface area contributed by atoms with Crippen molar-refractivity contribution in [3.05, 3.63) is 95.9 Å². The topological polar surface area (TPSA) is 107 Å². The summed E-state index contributed by atoms with van der Waals surface area (Å²) in [6.07, 6.45) is 2.88. The number of nitrogens with zero attached hydrogens (tertiary/aromatic N) is 2. The molecule has 3 aromatic carbocycles. The van der Waals surface area contributed by atoms with Crippen LogP contribution in [-0.2, 0) is 15.4 Å². The predicted octanol–water partition coefficient (Wildman–Crippen LogP) is 6.21. The number of ketones is 1. The third kappa shape index (κ3) is 7.04. The summed E-state index contributed by atoms with van der Waals surface area (Å²) in [4.78, 5) is 19.8. The number of Topliss-reactive ketones (excluding diaryl/α,β-unsaturated/α-hetero) is 1. The zero-order chi connectivity index (χ0) is 28.9. The van der Waals surface area contributed by atoms with Gasteiger partial charge in [0.15, 0.2) is 11.6 Å². The standard InChI is InChI=1S/C31H33N3O5S/c1-21-6-8-24(9-7-21)27-19-32-20-33-30(27)34-40(36,37)29-15-12-25(31(3,4)5)18-28(29)39-17-16-38-26-13-10-23(11-14-26)22(2)35/h6-15,18-20H,16-17H2,1-5H3,(H,32,33,34). The first kappa shape index (κ1) is 28.8. The molecule has 0 aliphatic heterocycles. The van der Waals surface area contributed by atoms with Crippen LogP contribution in [0, 0.1) is 6.92 Å². The fourth-order valence-corrected chi connectivity index (χ4v) is 5.10. The largest absolute Gasteiger partial charge is 0.490 e. The summed E-state index contributed by atoms with van der Waals surface area (Å²) in [5.41, 5.74) is 3.72. The number of hydrogen-bond donors (Lipinski definition) is 1. The molecule has 0 saturated carbocycles. The third-order valence-corrected chi connectivity index (χ3v) is 7.65. The van der Waals surface area contributed by atoms with Crippen LogP contribution < -0.4 is 14.2 Å². The Balaban J connectivity index is 1.57. The maximum Gasteiger partial charge on any atom is 0.266 e. The quantitative estimate of drug-likeness (QED) is 0.182. The molecule has 1 N–H and O–H groups in total. The molecule has 0 spiro atoms. The number of anilines is 1. The highest BCUT2D eigenvalue weighted by Gasteiger charge is 2.25. The van der Waals surface area contributed by atoms with Crippen molar-refractivity contribution in [3.63, 3.8) is 0 Å². The molecule has 0 aliphatic carbocycles. The molecule has 0 amide bonds. The fourth-order valence-electron chi connectivity index (χ4n) is 3.94. The van der Waals surface area contributed by atoms with Gasteiger partial charge in [-0.3, -0.25) is 9.52 Å². The summed E-state index contributed by atoms with van der Waals surface area (Å²) in [5, 5.41) is 0. The SMILES string of the molecule is CC(=O)c1ccc(OCCOc2cc(C(C)(C)C)ccc2S(=O)(=O)Nc2ncncc2-c2ccc(C)cc2)cc1. The van der Waals surface area contributed by atoms with E-state index in [1.165, 1.54) is 13.3 Å². The van der Waals surface area contributed by atoms with Crippen LogP contribution in [0.1, 0.15) is 49.2 Å². The molecule has 8 nitrogen and oxygen atoms in total. The van der Waals surface area contributed by atoms with Gasteiger partial charge >= 0.3 is 0 Å². The molecule has 40 heavy (non-hydrogen) atoms. The number of sulfonamides is 1. The molecular weight excluding hydrogens is 526 g/mol. The Hall–Kier alpha value is -4.24. The second-order valence-electron chi connectivity index (χ2n) is 10.4. The smallest absolute Gasteiger partial charge is 0.266 e. The van der Waals surface area contributed by atoms with E-state index in [4.69, 9.17) is 9.47 Å². The Morgan fingerprint density at radius 1 is 0.925 bits per heavy atom. The van der Waals surface area contributed by atoms with Gasteiger partial charge in [0.05, 0.1) is 0 Å². The first-order chi connectivity index (χ1) is 18.9. The van der Waals surface area contributed by atoms with Gasteiger partial charge in [-0.2, -0.15) is 0 Å². The van der Waals surface area contributed by atoms with Crippen LogP contribution in [0.3, 0.4) is 0 Å². The summed E-state index contributed by atoms with van der Waals surface area (Å²) in [6.45, 7) is 9.89. The van der Waals surface area contributed by atoms with Crippen molar-refractivity contribution in [2.45, 2.75) is 44.9 Å². The summed E-state index contributed by atoms with van der Waals surface area (Å²) in [7, 11) is -4.09. The molecule has 4 aromatic rings. The summed E-state index contributed by atoms with van der Waals surface area (Å²) < 4.78 is 41.6. The average Bonchev–Trinajstić information content (AvgIpc) is 2.91. The van der Waals surface area contributed by atoms with Crippen molar-refractivity contribution < 1.29 is 22.7 Å². The van der Waals surface area contributed by atoms with Crippen molar-refractivity contribution in [2.75, 3.05) is 17.9 Å². The number of carbonyl (C=O) groups excluding carboxylic acids is 1. The number of rotatable bonds is 10. The number of nitrogens with one attached hydrogen (secondary N) is 1. The Bertz CT molecular complexity index is 1590. The highest BCUT2D eigenvalue weighted by atomic mass is 32.2. The van der Waals surface area contributed by atoms with Crippen molar-refractivity contribution in [1.82, 2.24) is 9.97 Å². The summed E-state index contributed by atoms with van der Waals surface area (Å²) in [5.74, 6) is 0.936. The molecule has 4 rings (SSSR count). The maximum atomic E-state index is 13.7. The van der Waals surface area contributed by atoms with Crippen LogP contribution in [0.25, 0.3) is 11.1 Å². The van der Waals surface area contributed by atoms with Gasteiger partial charge in [-0.05, 0) is 66.8 Å². The van der Waals surface area contributed by atoms with E-state index in [2.05, 4.69) is 14.7 Å². The van der Waals surface area contributed by atoms with Gasteiger partial charge in [-0.15, -0.1) is 0 Å². The monoisotopic (exact) mass is 559 g/mol. The van der Waals surface area contributed by atoms with Crippen LogP contribution in [0.15, 0.2) is 84.1 Å². The lowest BCUT2D eigenvalue weighted by Gasteiger charge is -2.22. The molecule has 0 bridgehead atoms. The van der Waals surface area contributed by atoms with Crippen LogP contribution in [0.4, 0.5) is 5.82 Å². The van der Waals surface area contributed by atoms with Crippen molar-refractivity contribution in [2.24, 2.45) is 0 Å². The summed E-state index contributed by atoms with van der Waals surface area (Å²) >= 11 is 0. The molecule has 0 aliphatic rings. The van der Waals surface area contributed by atoms with Crippen molar-refractivity contribution in [3.8, 4) is 22.6 Å². The number of benzene rings is 3. The molecule has 0 fully saturated rings. The fraction of sp³-hybridized carbons (Fsp3) is 0.258. The van der Waals surface area contributed by atoms with E-state index in [0.29, 0.717) is 16.9 Å². The second kappa shape index (κ2) is 11.9. The molecule has 0 radical (unpaired) electrons. The lowest BCUT2D eigenvalue weighted by molar-refractivity contribution is 0.101. The van der Waals surface area contributed by atoms with E-state index in [9.17, 15) is 13.2 Å². The highest BCUT2D eigenvalue weighted by Crippen LogP contribution is 2.33. The van der Waals surface area contributed by atoms with Gasteiger partial charge in [0.1, 0.15) is 35.9 Å². The molecule has 0 atom stereocenters.